The highest BCUT2D eigenvalue weighted by atomic mass is 35.5. The zero-order chi connectivity index (χ0) is 15.0. The van der Waals surface area contributed by atoms with E-state index >= 15 is 0 Å². The topological polar surface area (TPSA) is 91.2 Å². The van der Waals surface area contributed by atoms with Crippen LogP contribution in [0.4, 0.5) is 5.95 Å². The number of phenols is 1. The lowest BCUT2D eigenvalue weighted by Crippen LogP contribution is -2.39. The monoisotopic (exact) mass is 306 g/mol. The van der Waals surface area contributed by atoms with Gasteiger partial charge in [0.1, 0.15) is 11.4 Å². The van der Waals surface area contributed by atoms with E-state index in [-0.39, 0.29) is 17.9 Å². The SMILES string of the molecule is Cc1nc(NC2CC(O)C2)nnc1-c1ccc(Cl)cc1O. The smallest absolute Gasteiger partial charge is 0.243 e. The molecule has 1 fully saturated rings. The van der Waals surface area contributed by atoms with Gasteiger partial charge in [-0.1, -0.05) is 11.6 Å². The summed E-state index contributed by atoms with van der Waals surface area (Å²) >= 11 is 5.82. The first-order valence-electron chi connectivity index (χ1n) is 6.67. The standard InChI is InChI=1S/C14H15ClN4O2/c1-7-13(11-3-2-8(15)4-12(11)21)18-19-14(16-7)17-9-5-10(20)6-9/h2-4,9-10,20-21H,5-6H2,1H3,(H,16,17,19). The van der Waals surface area contributed by atoms with E-state index in [1.54, 1.807) is 19.1 Å². The van der Waals surface area contributed by atoms with Crippen LogP contribution in [0, 0.1) is 6.92 Å². The van der Waals surface area contributed by atoms with E-state index < -0.39 is 0 Å². The molecule has 2 aromatic rings. The van der Waals surface area contributed by atoms with E-state index in [2.05, 4.69) is 20.5 Å². The van der Waals surface area contributed by atoms with E-state index in [0.717, 1.165) is 0 Å². The normalized spacial score (nSPS) is 20.9. The minimum absolute atomic E-state index is 0.0459. The molecular formula is C14H15ClN4O2. The Hall–Kier alpha value is -1.92. The lowest BCUT2D eigenvalue weighted by molar-refractivity contribution is 0.0833. The second kappa shape index (κ2) is 5.46. The molecule has 110 valence electrons. The third-order valence-corrected chi connectivity index (χ3v) is 3.76. The van der Waals surface area contributed by atoms with Crippen molar-refractivity contribution in [3.8, 4) is 17.0 Å². The summed E-state index contributed by atoms with van der Waals surface area (Å²) in [7, 11) is 0. The van der Waals surface area contributed by atoms with Crippen molar-refractivity contribution in [1.82, 2.24) is 15.2 Å². The molecule has 1 aliphatic rings. The number of hydrogen-bond donors (Lipinski definition) is 3. The number of aliphatic hydroxyl groups excluding tert-OH is 1. The van der Waals surface area contributed by atoms with E-state index in [9.17, 15) is 10.2 Å². The number of aromatic nitrogens is 3. The summed E-state index contributed by atoms with van der Waals surface area (Å²) in [6.07, 6.45) is 1.16. The largest absolute Gasteiger partial charge is 0.507 e. The summed E-state index contributed by atoms with van der Waals surface area (Å²) < 4.78 is 0. The van der Waals surface area contributed by atoms with Crippen molar-refractivity contribution >= 4 is 17.5 Å². The first kappa shape index (κ1) is 14.0. The van der Waals surface area contributed by atoms with Crippen LogP contribution in [-0.2, 0) is 0 Å². The molecule has 0 radical (unpaired) electrons. The molecule has 0 aliphatic heterocycles. The first-order valence-corrected chi connectivity index (χ1v) is 7.05. The second-order valence-electron chi connectivity index (χ2n) is 5.20. The van der Waals surface area contributed by atoms with Crippen molar-refractivity contribution in [1.29, 1.82) is 0 Å². The maximum absolute atomic E-state index is 9.94. The maximum atomic E-state index is 9.94. The van der Waals surface area contributed by atoms with E-state index in [1.165, 1.54) is 6.07 Å². The van der Waals surface area contributed by atoms with Gasteiger partial charge >= 0.3 is 0 Å². The fourth-order valence-corrected chi connectivity index (χ4v) is 2.47. The van der Waals surface area contributed by atoms with Crippen LogP contribution in [0.15, 0.2) is 18.2 Å². The Bertz CT molecular complexity index is 674. The highest BCUT2D eigenvalue weighted by Crippen LogP contribution is 2.31. The summed E-state index contributed by atoms with van der Waals surface area (Å²) in [4.78, 5) is 4.35. The molecule has 1 saturated carbocycles. The van der Waals surface area contributed by atoms with Crippen LogP contribution in [0.5, 0.6) is 5.75 Å². The van der Waals surface area contributed by atoms with Gasteiger partial charge in [-0.25, -0.2) is 4.98 Å². The number of hydrogen-bond acceptors (Lipinski definition) is 6. The van der Waals surface area contributed by atoms with Crippen LogP contribution >= 0.6 is 11.6 Å². The fraction of sp³-hybridized carbons (Fsp3) is 0.357. The molecule has 1 aliphatic carbocycles. The van der Waals surface area contributed by atoms with Crippen molar-refractivity contribution in [3.05, 3.63) is 28.9 Å². The number of nitrogens with zero attached hydrogens (tertiary/aromatic N) is 3. The highest BCUT2D eigenvalue weighted by Gasteiger charge is 2.27. The Balaban J connectivity index is 1.84. The predicted octanol–water partition coefficient (Wildman–Crippen LogP) is 2.14. The number of halogens is 1. The van der Waals surface area contributed by atoms with E-state index in [4.69, 9.17) is 11.6 Å². The van der Waals surface area contributed by atoms with Crippen LogP contribution in [0.1, 0.15) is 18.5 Å². The molecule has 3 N–H and O–H groups in total. The van der Waals surface area contributed by atoms with Gasteiger partial charge in [0.05, 0.1) is 11.8 Å². The van der Waals surface area contributed by atoms with Crippen LogP contribution in [0.3, 0.4) is 0 Å². The molecule has 0 bridgehead atoms. The van der Waals surface area contributed by atoms with Crippen LogP contribution in [0.2, 0.25) is 5.02 Å². The summed E-state index contributed by atoms with van der Waals surface area (Å²) in [6.45, 7) is 1.80. The molecule has 0 spiro atoms. The van der Waals surface area contributed by atoms with Crippen molar-refractivity contribution in [2.45, 2.75) is 31.9 Å². The van der Waals surface area contributed by atoms with E-state index in [0.29, 0.717) is 40.8 Å². The number of rotatable bonds is 3. The molecule has 0 saturated heterocycles. The number of aryl methyl sites for hydroxylation is 1. The Kier molecular flexibility index (Phi) is 3.65. The van der Waals surface area contributed by atoms with Gasteiger partial charge in [-0.2, -0.15) is 0 Å². The van der Waals surface area contributed by atoms with Gasteiger partial charge in [-0.3, -0.25) is 0 Å². The van der Waals surface area contributed by atoms with Gasteiger partial charge in [0.25, 0.3) is 0 Å². The number of benzene rings is 1. The summed E-state index contributed by atoms with van der Waals surface area (Å²) in [5.41, 5.74) is 1.72. The van der Waals surface area contributed by atoms with Crippen molar-refractivity contribution in [2.24, 2.45) is 0 Å². The molecule has 0 unspecified atom stereocenters. The van der Waals surface area contributed by atoms with Gasteiger partial charge in [-0.15, -0.1) is 10.2 Å². The molecule has 1 heterocycles. The molecule has 6 nitrogen and oxygen atoms in total. The first-order chi connectivity index (χ1) is 10.0. The number of aromatic hydroxyl groups is 1. The zero-order valence-corrected chi connectivity index (χ0v) is 12.2. The fourth-order valence-electron chi connectivity index (χ4n) is 2.31. The second-order valence-corrected chi connectivity index (χ2v) is 5.63. The molecule has 7 heteroatoms. The Labute approximate surface area is 126 Å². The third kappa shape index (κ3) is 2.91. The van der Waals surface area contributed by atoms with Crippen LogP contribution in [-0.4, -0.2) is 37.5 Å². The minimum Gasteiger partial charge on any atom is -0.507 e. The average Bonchev–Trinajstić information content (AvgIpc) is 2.38. The predicted molar refractivity (Wildman–Crippen MR) is 79.3 cm³/mol. The molecule has 0 amide bonds. The number of aliphatic hydroxyl groups is 1. The van der Waals surface area contributed by atoms with Crippen molar-refractivity contribution in [2.75, 3.05) is 5.32 Å². The van der Waals surface area contributed by atoms with Gasteiger partial charge in [0.15, 0.2) is 0 Å². The maximum Gasteiger partial charge on any atom is 0.243 e. The highest BCUT2D eigenvalue weighted by molar-refractivity contribution is 6.30. The van der Waals surface area contributed by atoms with Gasteiger partial charge in [-0.05, 0) is 38.0 Å². The minimum atomic E-state index is -0.234. The van der Waals surface area contributed by atoms with Crippen LogP contribution < -0.4 is 5.32 Å². The third-order valence-electron chi connectivity index (χ3n) is 3.52. The lowest BCUT2D eigenvalue weighted by Gasteiger charge is -2.31. The Morgan fingerprint density at radius 2 is 2.05 bits per heavy atom. The average molecular weight is 307 g/mol. The van der Waals surface area contributed by atoms with Gasteiger partial charge < -0.3 is 15.5 Å². The van der Waals surface area contributed by atoms with Crippen LogP contribution in [0.25, 0.3) is 11.3 Å². The number of phenolic OH excluding ortho intramolecular Hbond substituents is 1. The number of nitrogens with one attached hydrogen (secondary N) is 1. The van der Waals surface area contributed by atoms with Gasteiger partial charge in [0, 0.05) is 16.6 Å². The molecular weight excluding hydrogens is 292 g/mol. The Morgan fingerprint density at radius 3 is 2.67 bits per heavy atom. The summed E-state index contributed by atoms with van der Waals surface area (Å²) in [5.74, 6) is 0.478. The molecule has 21 heavy (non-hydrogen) atoms. The van der Waals surface area contributed by atoms with E-state index in [1.807, 2.05) is 0 Å². The van der Waals surface area contributed by atoms with Crippen molar-refractivity contribution < 1.29 is 10.2 Å². The zero-order valence-electron chi connectivity index (χ0n) is 11.4. The molecule has 0 atom stereocenters. The summed E-state index contributed by atoms with van der Waals surface area (Å²) in [5, 5.41) is 30.9. The summed E-state index contributed by atoms with van der Waals surface area (Å²) in [6, 6.07) is 5.02. The lowest BCUT2D eigenvalue weighted by atomic mass is 9.90. The molecule has 1 aromatic carbocycles. The quantitative estimate of drug-likeness (QED) is 0.805. The molecule has 3 rings (SSSR count). The van der Waals surface area contributed by atoms with Crippen molar-refractivity contribution in [3.63, 3.8) is 0 Å². The van der Waals surface area contributed by atoms with Gasteiger partial charge in [0.2, 0.25) is 5.95 Å². The number of anilines is 1. The Morgan fingerprint density at radius 1 is 1.29 bits per heavy atom. The molecule has 1 aromatic heterocycles.